The van der Waals surface area contributed by atoms with E-state index in [1.54, 1.807) is 30.3 Å². The van der Waals surface area contributed by atoms with E-state index >= 15 is 0 Å². The van der Waals surface area contributed by atoms with Crippen LogP contribution >= 0.6 is 0 Å². The van der Waals surface area contributed by atoms with Gasteiger partial charge in [0.15, 0.2) is 0 Å². The van der Waals surface area contributed by atoms with Crippen molar-refractivity contribution in [1.29, 1.82) is 0 Å². The van der Waals surface area contributed by atoms with E-state index in [0.29, 0.717) is 16.8 Å². The van der Waals surface area contributed by atoms with Gasteiger partial charge in [-0.15, -0.1) is 0 Å². The largest absolute Gasteiger partial charge is 0.508 e. The monoisotopic (exact) mass is 295 g/mol. The topological polar surface area (TPSA) is 83.0 Å². The molecule has 0 radical (unpaired) electrons. The van der Waals surface area contributed by atoms with Crippen LogP contribution in [-0.4, -0.2) is 16.2 Å². The van der Waals surface area contributed by atoms with Crippen LogP contribution < -0.4 is 5.55 Å². The van der Waals surface area contributed by atoms with E-state index < -0.39 is 5.97 Å². The summed E-state index contributed by atoms with van der Waals surface area (Å²) in [5.41, 5.74) is 2.70. The number of carboxylic acids is 1. The zero-order chi connectivity index (χ0) is 15.7. The highest BCUT2D eigenvalue weighted by Crippen LogP contribution is 2.21. The number of carbonyl (C=O) groups is 1. The molecule has 0 aliphatic heterocycles. The molecule has 3 aromatic rings. The van der Waals surface area contributed by atoms with Gasteiger partial charge in [0.25, 0.3) is 0 Å². The molecule has 0 saturated carbocycles. The van der Waals surface area contributed by atoms with E-state index in [1.807, 2.05) is 6.92 Å². The zero-order valence-corrected chi connectivity index (χ0v) is 11.8. The van der Waals surface area contributed by atoms with Crippen LogP contribution in [0, 0.1) is 6.92 Å². The molecule has 3 rings (SSSR count). The van der Waals surface area contributed by atoms with Crippen LogP contribution in [-0.2, 0) is 0 Å². The van der Waals surface area contributed by atoms with E-state index in [-0.39, 0.29) is 11.3 Å². The summed E-state index contributed by atoms with van der Waals surface area (Å²) >= 11 is 0. The third-order valence-electron chi connectivity index (χ3n) is 3.30. The molecule has 1 aromatic heterocycles. The molecule has 2 N–H and O–H groups in total. The molecule has 110 valence electrons. The van der Waals surface area contributed by atoms with Crippen molar-refractivity contribution in [2.24, 2.45) is 4.99 Å². The first-order chi connectivity index (χ1) is 10.5. The van der Waals surface area contributed by atoms with Gasteiger partial charge in [0.1, 0.15) is 11.3 Å². The lowest BCUT2D eigenvalue weighted by atomic mass is 10.1. The molecule has 22 heavy (non-hydrogen) atoms. The molecule has 0 bridgehead atoms. The fourth-order valence-corrected chi connectivity index (χ4v) is 2.19. The molecule has 0 amide bonds. The van der Waals surface area contributed by atoms with Gasteiger partial charge in [0, 0.05) is 17.5 Å². The van der Waals surface area contributed by atoms with Crippen LogP contribution in [0.15, 0.2) is 57.9 Å². The Labute approximate surface area is 125 Å². The highest BCUT2D eigenvalue weighted by Gasteiger charge is 2.03. The SMILES string of the molecule is Cc1cc(=Nc2ccc(C(=O)O)cc2)oc2cc(O)ccc12. The summed E-state index contributed by atoms with van der Waals surface area (Å²) in [5, 5.41) is 19.3. The van der Waals surface area contributed by atoms with Crippen molar-refractivity contribution in [2.45, 2.75) is 6.92 Å². The van der Waals surface area contributed by atoms with Crippen LogP contribution in [0.1, 0.15) is 15.9 Å². The second-order valence-electron chi connectivity index (χ2n) is 4.91. The van der Waals surface area contributed by atoms with Gasteiger partial charge in [-0.2, -0.15) is 0 Å². The Bertz CT molecular complexity index is 924. The van der Waals surface area contributed by atoms with Crippen LogP contribution in [0.5, 0.6) is 5.75 Å². The van der Waals surface area contributed by atoms with E-state index in [1.165, 1.54) is 18.2 Å². The van der Waals surface area contributed by atoms with Gasteiger partial charge in [-0.05, 0) is 48.9 Å². The summed E-state index contributed by atoms with van der Waals surface area (Å²) in [5.74, 6) is -0.855. The summed E-state index contributed by atoms with van der Waals surface area (Å²) < 4.78 is 5.66. The molecular formula is C17H13NO4. The molecule has 0 spiro atoms. The minimum Gasteiger partial charge on any atom is -0.508 e. The Morgan fingerprint density at radius 3 is 2.50 bits per heavy atom. The summed E-state index contributed by atoms with van der Waals surface area (Å²) in [6, 6.07) is 12.9. The van der Waals surface area contributed by atoms with Gasteiger partial charge in [-0.3, -0.25) is 0 Å². The number of hydrogen-bond donors (Lipinski definition) is 2. The standard InChI is InChI=1S/C17H13NO4/c1-10-8-16(22-15-9-13(19)6-7-14(10)15)18-12-4-2-11(3-5-12)17(20)21/h2-9,19H,1H3,(H,20,21). The molecule has 2 aromatic carbocycles. The van der Waals surface area contributed by atoms with E-state index in [0.717, 1.165) is 10.9 Å². The molecule has 5 nitrogen and oxygen atoms in total. The fourth-order valence-electron chi connectivity index (χ4n) is 2.19. The quantitative estimate of drug-likeness (QED) is 0.759. The molecule has 0 atom stereocenters. The lowest BCUT2D eigenvalue weighted by Gasteiger charge is -2.02. The Hall–Kier alpha value is -3.08. The predicted octanol–water partition coefficient (Wildman–Crippen LogP) is 3.38. The van der Waals surface area contributed by atoms with Crippen molar-refractivity contribution in [3.63, 3.8) is 0 Å². The van der Waals surface area contributed by atoms with Crippen molar-refractivity contribution in [3.05, 3.63) is 65.2 Å². The first kappa shape index (κ1) is 13.9. The number of rotatable bonds is 2. The summed E-state index contributed by atoms with van der Waals surface area (Å²) in [6.45, 7) is 1.93. The van der Waals surface area contributed by atoms with Crippen molar-refractivity contribution in [1.82, 2.24) is 0 Å². The van der Waals surface area contributed by atoms with Crippen molar-refractivity contribution in [3.8, 4) is 5.75 Å². The Kier molecular flexibility index (Phi) is 3.39. The number of aromatic carboxylic acids is 1. The van der Waals surface area contributed by atoms with Crippen LogP contribution in [0.25, 0.3) is 11.0 Å². The number of aromatic hydroxyl groups is 1. The molecular weight excluding hydrogens is 282 g/mol. The normalized spacial score (nSPS) is 11.8. The predicted molar refractivity (Wildman–Crippen MR) is 81.2 cm³/mol. The molecule has 0 fully saturated rings. The molecule has 0 aliphatic carbocycles. The fraction of sp³-hybridized carbons (Fsp3) is 0.0588. The number of phenolic OH excluding ortho intramolecular Hbond substituents is 1. The maximum Gasteiger partial charge on any atom is 0.335 e. The first-order valence-electron chi connectivity index (χ1n) is 6.64. The van der Waals surface area contributed by atoms with Gasteiger partial charge >= 0.3 is 5.97 Å². The highest BCUT2D eigenvalue weighted by atomic mass is 16.4. The number of hydrogen-bond acceptors (Lipinski definition) is 4. The lowest BCUT2D eigenvalue weighted by molar-refractivity contribution is 0.0697. The zero-order valence-electron chi connectivity index (χ0n) is 11.8. The number of nitrogens with zero attached hydrogens (tertiary/aromatic N) is 1. The maximum atomic E-state index is 10.8. The van der Waals surface area contributed by atoms with E-state index in [4.69, 9.17) is 9.52 Å². The summed E-state index contributed by atoms with van der Waals surface area (Å²) in [6.07, 6.45) is 0. The van der Waals surface area contributed by atoms with Crippen molar-refractivity contribution < 1.29 is 19.4 Å². The highest BCUT2D eigenvalue weighted by molar-refractivity contribution is 5.87. The van der Waals surface area contributed by atoms with Gasteiger partial charge in [-0.25, -0.2) is 9.79 Å². The smallest absolute Gasteiger partial charge is 0.335 e. The van der Waals surface area contributed by atoms with E-state index in [9.17, 15) is 9.90 Å². The van der Waals surface area contributed by atoms with Gasteiger partial charge < -0.3 is 14.6 Å². The van der Waals surface area contributed by atoms with Crippen molar-refractivity contribution in [2.75, 3.05) is 0 Å². The number of phenols is 1. The molecule has 0 unspecified atom stereocenters. The molecule has 0 saturated heterocycles. The van der Waals surface area contributed by atoms with E-state index in [2.05, 4.69) is 4.99 Å². The third kappa shape index (κ3) is 2.69. The minimum atomic E-state index is -0.978. The first-order valence-corrected chi connectivity index (χ1v) is 6.64. The average Bonchev–Trinajstić information content (AvgIpc) is 2.47. The second kappa shape index (κ2) is 5.37. The third-order valence-corrected chi connectivity index (χ3v) is 3.30. The van der Waals surface area contributed by atoms with Crippen LogP contribution in [0.3, 0.4) is 0 Å². The van der Waals surface area contributed by atoms with Gasteiger partial charge in [-0.1, -0.05) is 0 Å². The number of carboxylic acid groups (broad SMARTS) is 1. The summed E-state index contributed by atoms with van der Waals surface area (Å²) in [7, 11) is 0. The number of fused-ring (bicyclic) bond motifs is 1. The van der Waals surface area contributed by atoms with Crippen LogP contribution in [0.2, 0.25) is 0 Å². The number of benzene rings is 2. The second-order valence-corrected chi connectivity index (χ2v) is 4.91. The Morgan fingerprint density at radius 2 is 1.82 bits per heavy atom. The molecule has 5 heteroatoms. The Morgan fingerprint density at radius 1 is 1.09 bits per heavy atom. The lowest BCUT2D eigenvalue weighted by Crippen LogP contribution is -2.01. The molecule has 0 aliphatic rings. The average molecular weight is 295 g/mol. The Balaban J connectivity index is 2.10. The number of aryl methyl sites for hydroxylation is 1. The van der Waals surface area contributed by atoms with Gasteiger partial charge in [0.05, 0.1) is 11.3 Å². The maximum absolute atomic E-state index is 10.8. The van der Waals surface area contributed by atoms with Crippen molar-refractivity contribution >= 4 is 22.6 Å². The van der Waals surface area contributed by atoms with Gasteiger partial charge in [0.2, 0.25) is 5.55 Å². The minimum absolute atomic E-state index is 0.124. The van der Waals surface area contributed by atoms with Crippen LogP contribution in [0.4, 0.5) is 5.69 Å². The molecule has 1 heterocycles. The summed E-state index contributed by atoms with van der Waals surface area (Å²) in [4.78, 5) is 15.2.